The van der Waals surface area contributed by atoms with E-state index in [1.807, 2.05) is 55.5 Å². The first kappa shape index (κ1) is 21.1. The molecule has 0 radical (unpaired) electrons. The fraction of sp³-hybridized carbons (Fsp3) is 0.381. The normalized spacial score (nSPS) is 11.7. The Morgan fingerprint density at radius 3 is 2.44 bits per heavy atom. The maximum absolute atomic E-state index is 12.5. The molecule has 0 aromatic heterocycles. The van der Waals surface area contributed by atoms with E-state index in [4.69, 9.17) is 9.47 Å². The van der Waals surface area contributed by atoms with E-state index >= 15 is 0 Å². The predicted molar refractivity (Wildman–Crippen MR) is 109 cm³/mol. The number of rotatable bonds is 10. The summed E-state index contributed by atoms with van der Waals surface area (Å²) in [4.78, 5) is 14.3. The van der Waals surface area contributed by atoms with Crippen LogP contribution in [0.2, 0.25) is 0 Å². The fourth-order valence-corrected chi connectivity index (χ4v) is 3.59. The Hall–Kier alpha value is -2.18. The molecule has 1 atom stereocenters. The molecule has 0 aliphatic carbocycles. The minimum absolute atomic E-state index is 0.0533. The molecule has 2 aromatic carbocycles. The lowest BCUT2D eigenvalue weighted by molar-refractivity contribution is -0.128. The second kappa shape index (κ2) is 10.8. The molecule has 0 spiro atoms. The van der Waals surface area contributed by atoms with Crippen LogP contribution in [0.25, 0.3) is 0 Å². The first-order valence-corrected chi connectivity index (χ1v) is 10.0. The minimum Gasteiger partial charge on any atom is -0.493 e. The molecule has 0 saturated heterocycles. The Morgan fingerprint density at radius 1 is 1.11 bits per heavy atom. The summed E-state index contributed by atoms with van der Waals surface area (Å²) < 4.78 is 10.6. The van der Waals surface area contributed by atoms with Crippen molar-refractivity contribution in [3.63, 3.8) is 0 Å². The highest BCUT2D eigenvalue weighted by molar-refractivity contribution is 7.99. The number of carbonyl (C=O) groups excluding carboxylic acids is 1. The van der Waals surface area contributed by atoms with E-state index in [-0.39, 0.29) is 5.91 Å². The van der Waals surface area contributed by atoms with Gasteiger partial charge in [0.05, 0.1) is 26.1 Å². The Balaban J connectivity index is 1.88. The van der Waals surface area contributed by atoms with Crippen molar-refractivity contribution in [1.82, 2.24) is 4.90 Å². The van der Waals surface area contributed by atoms with Gasteiger partial charge in [-0.1, -0.05) is 36.4 Å². The topological polar surface area (TPSA) is 59.0 Å². The largest absolute Gasteiger partial charge is 0.493 e. The number of amides is 1. The Morgan fingerprint density at radius 2 is 1.81 bits per heavy atom. The Bertz CT molecular complexity index is 723. The van der Waals surface area contributed by atoms with Gasteiger partial charge >= 0.3 is 0 Å². The molecule has 2 rings (SSSR count). The van der Waals surface area contributed by atoms with Crippen molar-refractivity contribution in [2.24, 2.45) is 0 Å². The van der Waals surface area contributed by atoms with E-state index in [0.29, 0.717) is 36.1 Å². The zero-order chi connectivity index (χ0) is 19.6. The molecule has 0 aliphatic heterocycles. The SMILES string of the molecule is CCN(Cc1ccc(OC)c(OC)c1)C(=O)CSCC(O)c1ccccc1. The molecule has 5 nitrogen and oxygen atoms in total. The van der Waals surface area contributed by atoms with Crippen molar-refractivity contribution in [3.8, 4) is 11.5 Å². The highest BCUT2D eigenvalue weighted by atomic mass is 32.2. The zero-order valence-electron chi connectivity index (χ0n) is 16.1. The van der Waals surface area contributed by atoms with Crippen LogP contribution in [0.5, 0.6) is 11.5 Å². The van der Waals surface area contributed by atoms with Gasteiger partial charge in [-0.15, -0.1) is 11.8 Å². The highest BCUT2D eigenvalue weighted by Gasteiger charge is 2.15. The molecular formula is C21H27NO4S. The number of benzene rings is 2. The van der Waals surface area contributed by atoms with E-state index in [1.54, 1.807) is 19.1 Å². The lowest BCUT2D eigenvalue weighted by atomic mass is 10.1. The zero-order valence-corrected chi connectivity index (χ0v) is 16.9. The molecule has 146 valence electrons. The van der Waals surface area contributed by atoms with Gasteiger partial charge < -0.3 is 19.5 Å². The van der Waals surface area contributed by atoms with Crippen LogP contribution < -0.4 is 9.47 Å². The second-order valence-electron chi connectivity index (χ2n) is 6.04. The van der Waals surface area contributed by atoms with Gasteiger partial charge in [-0.25, -0.2) is 0 Å². The summed E-state index contributed by atoms with van der Waals surface area (Å²) in [6.45, 7) is 3.09. The summed E-state index contributed by atoms with van der Waals surface area (Å²) in [7, 11) is 3.19. The summed E-state index contributed by atoms with van der Waals surface area (Å²) in [6, 6.07) is 15.2. The minimum atomic E-state index is -0.565. The molecular weight excluding hydrogens is 362 g/mol. The predicted octanol–water partition coefficient (Wildman–Crippen LogP) is 3.52. The number of hydrogen-bond donors (Lipinski definition) is 1. The maximum atomic E-state index is 12.5. The van der Waals surface area contributed by atoms with Gasteiger partial charge in [0, 0.05) is 18.8 Å². The van der Waals surface area contributed by atoms with Gasteiger partial charge in [0.25, 0.3) is 0 Å². The molecule has 0 heterocycles. The second-order valence-corrected chi connectivity index (χ2v) is 7.07. The van der Waals surface area contributed by atoms with E-state index in [0.717, 1.165) is 11.1 Å². The number of hydrogen-bond acceptors (Lipinski definition) is 5. The Kier molecular flexibility index (Phi) is 8.48. The fourth-order valence-electron chi connectivity index (χ4n) is 2.70. The molecule has 0 aliphatic rings. The van der Waals surface area contributed by atoms with Crippen LogP contribution in [0.1, 0.15) is 24.2 Å². The van der Waals surface area contributed by atoms with Crippen molar-refractivity contribution < 1.29 is 19.4 Å². The van der Waals surface area contributed by atoms with Crippen LogP contribution in [0.4, 0.5) is 0 Å². The van der Waals surface area contributed by atoms with Crippen molar-refractivity contribution in [1.29, 1.82) is 0 Å². The van der Waals surface area contributed by atoms with Gasteiger partial charge in [-0.2, -0.15) is 0 Å². The number of ether oxygens (including phenoxy) is 2. The number of methoxy groups -OCH3 is 2. The van der Waals surface area contributed by atoms with E-state index in [9.17, 15) is 9.90 Å². The van der Waals surface area contributed by atoms with Gasteiger partial charge in [-0.05, 0) is 30.2 Å². The van der Waals surface area contributed by atoms with Crippen molar-refractivity contribution in [3.05, 3.63) is 59.7 Å². The van der Waals surface area contributed by atoms with E-state index < -0.39 is 6.10 Å². The Labute approximate surface area is 165 Å². The number of aliphatic hydroxyl groups is 1. The van der Waals surface area contributed by atoms with Crippen LogP contribution in [0.15, 0.2) is 48.5 Å². The molecule has 1 unspecified atom stereocenters. The molecule has 2 aromatic rings. The van der Waals surface area contributed by atoms with E-state index in [1.165, 1.54) is 11.8 Å². The standard InChI is InChI=1S/C21H27NO4S/c1-4-22(13-16-10-11-19(25-2)20(12-16)26-3)21(24)15-27-14-18(23)17-8-6-5-7-9-17/h5-12,18,23H,4,13-15H2,1-3H3. The molecule has 0 saturated carbocycles. The van der Waals surface area contributed by atoms with Crippen molar-refractivity contribution in [2.75, 3.05) is 32.3 Å². The summed E-state index contributed by atoms with van der Waals surface area (Å²) in [6.07, 6.45) is -0.565. The van der Waals surface area contributed by atoms with Gasteiger partial charge in [-0.3, -0.25) is 4.79 Å². The molecule has 0 fully saturated rings. The average molecular weight is 390 g/mol. The number of carbonyl (C=O) groups is 1. The highest BCUT2D eigenvalue weighted by Crippen LogP contribution is 2.28. The lowest BCUT2D eigenvalue weighted by Crippen LogP contribution is -2.32. The third-order valence-corrected chi connectivity index (χ3v) is 5.24. The number of thioether (sulfide) groups is 1. The van der Waals surface area contributed by atoms with Crippen LogP contribution >= 0.6 is 11.8 Å². The first-order chi connectivity index (χ1) is 13.1. The molecule has 6 heteroatoms. The summed E-state index contributed by atoms with van der Waals surface area (Å²) >= 11 is 1.45. The number of aliphatic hydroxyl groups excluding tert-OH is 1. The summed E-state index contributed by atoms with van der Waals surface area (Å²) in [5, 5.41) is 10.2. The molecule has 1 amide bonds. The van der Waals surface area contributed by atoms with Crippen LogP contribution in [-0.2, 0) is 11.3 Å². The van der Waals surface area contributed by atoms with Crippen LogP contribution in [-0.4, -0.2) is 48.2 Å². The van der Waals surface area contributed by atoms with Gasteiger partial charge in [0.1, 0.15) is 0 Å². The van der Waals surface area contributed by atoms with Crippen LogP contribution in [0, 0.1) is 0 Å². The molecule has 27 heavy (non-hydrogen) atoms. The quantitative estimate of drug-likeness (QED) is 0.674. The maximum Gasteiger partial charge on any atom is 0.232 e. The van der Waals surface area contributed by atoms with Gasteiger partial charge in [0.2, 0.25) is 5.91 Å². The van der Waals surface area contributed by atoms with Crippen molar-refractivity contribution in [2.45, 2.75) is 19.6 Å². The summed E-state index contributed by atoms with van der Waals surface area (Å²) in [5.74, 6) is 2.20. The van der Waals surface area contributed by atoms with Gasteiger partial charge in [0.15, 0.2) is 11.5 Å². The van der Waals surface area contributed by atoms with Crippen molar-refractivity contribution >= 4 is 17.7 Å². The smallest absolute Gasteiger partial charge is 0.232 e. The average Bonchev–Trinajstić information content (AvgIpc) is 2.72. The number of nitrogens with zero attached hydrogens (tertiary/aromatic N) is 1. The third kappa shape index (κ3) is 6.19. The summed E-state index contributed by atoms with van der Waals surface area (Å²) in [5.41, 5.74) is 1.85. The monoisotopic (exact) mass is 389 g/mol. The first-order valence-electron chi connectivity index (χ1n) is 8.88. The lowest BCUT2D eigenvalue weighted by Gasteiger charge is -2.22. The molecule has 1 N–H and O–H groups in total. The molecule has 0 bridgehead atoms. The van der Waals surface area contributed by atoms with Crippen LogP contribution in [0.3, 0.4) is 0 Å². The van der Waals surface area contributed by atoms with E-state index in [2.05, 4.69) is 0 Å². The third-order valence-electron chi connectivity index (χ3n) is 4.24.